The molecule has 1 aliphatic carbocycles. The SMILES string of the molecule is CN(C)N1C(N)=C(C#N)[C@H](c2ccccc2Cl)C2=C1C[C@@H](c1ccccc1)CC2=O. The van der Waals surface area contributed by atoms with Crippen LogP contribution in [0.5, 0.6) is 0 Å². The zero-order chi connectivity index (χ0) is 21.4. The van der Waals surface area contributed by atoms with Gasteiger partial charge in [0.25, 0.3) is 0 Å². The van der Waals surface area contributed by atoms with Gasteiger partial charge >= 0.3 is 0 Å². The maximum atomic E-state index is 13.5. The van der Waals surface area contributed by atoms with Gasteiger partial charge in [-0.15, -0.1) is 0 Å². The third-order valence-electron chi connectivity index (χ3n) is 5.83. The number of carbonyl (C=O) groups is 1. The van der Waals surface area contributed by atoms with Crippen LogP contribution in [0, 0.1) is 11.3 Å². The van der Waals surface area contributed by atoms with Crippen LogP contribution in [0.4, 0.5) is 0 Å². The van der Waals surface area contributed by atoms with Gasteiger partial charge in [-0.1, -0.05) is 60.1 Å². The van der Waals surface area contributed by atoms with E-state index < -0.39 is 5.92 Å². The molecule has 0 aromatic heterocycles. The summed E-state index contributed by atoms with van der Waals surface area (Å²) in [7, 11) is 3.72. The van der Waals surface area contributed by atoms with Crippen LogP contribution in [0.25, 0.3) is 0 Å². The molecule has 1 heterocycles. The average Bonchev–Trinajstić information content (AvgIpc) is 2.73. The van der Waals surface area contributed by atoms with Gasteiger partial charge in [0.05, 0.1) is 17.6 Å². The summed E-state index contributed by atoms with van der Waals surface area (Å²) in [6, 6.07) is 19.7. The van der Waals surface area contributed by atoms with Gasteiger partial charge in [-0.3, -0.25) is 9.80 Å². The third kappa shape index (κ3) is 3.28. The topological polar surface area (TPSA) is 73.4 Å². The molecular weight excluding hydrogens is 396 g/mol. The number of Topliss-reactive ketones (excluding diaryl/α,β-unsaturated/α-hetero) is 1. The molecule has 0 unspecified atom stereocenters. The maximum Gasteiger partial charge on any atom is 0.162 e. The molecule has 2 aliphatic rings. The van der Waals surface area contributed by atoms with Crippen molar-refractivity contribution in [3.05, 3.63) is 93.4 Å². The summed E-state index contributed by atoms with van der Waals surface area (Å²) in [5, 5.41) is 14.1. The number of halogens is 1. The molecule has 0 spiro atoms. The number of rotatable bonds is 3. The Labute approximate surface area is 181 Å². The molecule has 2 N–H and O–H groups in total. The molecule has 0 bridgehead atoms. The van der Waals surface area contributed by atoms with Crippen molar-refractivity contribution in [1.29, 1.82) is 5.26 Å². The van der Waals surface area contributed by atoms with Crippen LogP contribution in [0.3, 0.4) is 0 Å². The highest BCUT2D eigenvalue weighted by Crippen LogP contribution is 2.49. The predicted octanol–water partition coefficient (Wildman–Crippen LogP) is 4.31. The minimum absolute atomic E-state index is 0.0297. The van der Waals surface area contributed by atoms with E-state index in [0.29, 0.717) is 34.8 Å². The first-order valence-electron chi connectivity index (χ1n) is 9.86. The molecule has 1 aliphatic heterocycles. The first-order chi connectivity index (χ1) is 14.4. The number of carbonyl (C=O) groups excluding carboxylic acids is 1. The Morgan fingerprint density at radius 3 is 2.40 bits per heavy atom. The van der Waals surface area contributed by atoms with E-state index in [4.69, 9.17) is 17.3 Å². The molecule has 5 nitrogen and oxygen atoms in total. The number of allylic oxidation sites excluding steroid dienone is 3. The lowest BCUT2D eigenvalue weighted by Gasteiger charge is -2.44. The zero-order valence-corrected chi connectivity index (χ0v) is 17.7. The summed E-state index contributed by atoms with van der Waals surface area (Å²) in [5.41, 5.74) is 10.2. The lowest BCUT2D eigenvalue weighted by molar-refractivity contribution is -0.117. The molecule has 6 heteroatoms. The summed E-state index contributed by atoms with van der Waals surface area (Å²) in [4.78, 5) is 13.5. The minimum atomic E-state index is -0.556. The van der Waals surface area contributed by atoms with E-state index in [9.17, 15) is 10.1 Å². The first kappa shape index (κ1) is 20.2. The summed E-state index contributed by atoms with van der Waals surface area (Å²) < 4.78 is 0. The summed E-state index contributed by atoms with van der Waals surface area (Å²) in [6.07, 6.45) is 1.05. The van der Waals surface area contributed by atoms with Gasteiger partial charge < -0.3 is 5.73 Å². The van der Waals surface area contributed by atoms with Crippen molar-refractivity contribution in [2.75, 3.05) is 14.1 Å². The molecule has 0 saturated carbocycles. The quantitative estimate of drug-likeness (QED) is 0.803. The lowest BCUT2D eigenvalue weighted by Crippen LogP contribution is -2.46. The molecule has 152 valence electrons. The Kier molecular flexibility index (Phi) is 5.38. The Morgan fingerprint density at radius 1 is 1.10 bits per heavy atom. The number of nitrogens with zero attached hydrogens (tertiary/aromatic N) is 3. The van der Waals surface area contributed by atoms with Crippen molar-refractivity contribution in [2.24, 2.45) is 5.73 Å². The highest BCUT2D eigenvalue weighted by molar-refractivity contribution is 6.31. The van der Waals surface area contributed by atoms with Crippen LogP contribution in [-0.2, 0) is 4.79 Å². The van der Waals surface area contributed by atoms with Crippen LogP contribution >= 0.6 is 11.6 Å². The molecule has 2 aromatic carbocycles. The van der Waals surface area contributed by atoms with Crippen molar-refractivity contribution < 1.29 is 4.79 Å². The number of hydrogen-bond donors (Lipinski definition) is 1. The second kappa shape index (κ2) is 7.98. The summed E-state index contributed by atoms with van der Waals surface area (Å²) >= 11 is 6.50. The monoisotopic (exact) mass is 418 g/mol. The van der Waals surface area contributed by atoms with E-state index in [1.54, 1.807) is 11.1 Å². The Morgan fingerprint density at radius 2 is 1.77 bits per heavy atom. The standard InChI is InChI=1S/C24H23ClN4O/c1-28(2)29-20-12-16(15-8-4-3-5-9-15)13-21(30)23(20)22(18(14-26)24(29)27)17-10-6-7-11-19(17)25/h3-11,16,22H,12-13,27H2,1-2H3/t16-,22+/m1/s1. The third-order valence-corrected chi connectivity index (χ3v) is 6.17. The Balaban J connectivity index is 1.92. The van der Waals surface area contributed by atoms with Crippen molar-refractivity contribution in [2.45, 2.75) is 24.7 Å². The van der Waals surface area contributed by atoms with Crippen molar-refractivity contribution in [3.63, 3.8) is 0 Å². The van der Waals surface area contributed by atoms with Crippen LogP contribution in [0.1, 0.15) is 35.8 Å². The zero-order valence-electron chi connectivity index (χ0n) is 17.0. The van der Waals surface area contributed by atoms with Crippen LogP contribution in [0.15, 0.2) is 77.3 Å². The van der Waals surface area contributed by atoms with Crippen molar-refractivity contribution in [3.8, 4) is 6.07 Å². The molecule has 0 saturated heterocycles. The number of nitrogens with two attached hydrogens (primary N) is 1. The fourth-order valence-corrected chi connectivity index (χ4v) is 4.79. The van der Waals surface area contributed by atoms with E-state index in [1.165, 1.54) is 0 Å². The predicted molar refractivity (Wildman–Crippen MR) is 117 cm³/mol. The first-order valence-corrected chi connectivity index (χ1v) is 10.2. The van der Waals surface area contributed by atoms with E-state index in [2.05, 4.69) is 18.2 Å². The Bertz CT molecular complexity index is 1100. The van der Waals surface area contributed by atoms with E-state index in [0.717, 1.165) is 16.8 Å². The molecule has 2 aromatic rings. The molecule has 4 rings (SSSR count). The van der Waals surface area contributed by atoms with Crippen LogP contribution < -0.4 is 5.73 Å². The molecule has 2 atom stereocenters. The van der Waals surface area contributed by atoms with Gasteiger partial charge in [-0.2, -0.15) is 5.26 Å². The molecular formula is C24H23ClN4O. The van der Waals surface area contributed by atoms with E-state index in [1.807, 2.05) is 55.5 Å². The summed E-state index contributed by atoms with van der Waals surface area (Å²) in [6.45, 7) is 0. The fraction of sp³-hybridized carbons (Fsp3) is 0.250. The van der Waals surface area contributed by atoms with Gasteiger partial charge in [-0.25, -0.2) is 5.01 Å². The van der Waals surface area contributed by atoms with Crippen LogP contribution in [-0.4, -0.2) is 29.9 Å². The smallest absolute Gasteiger partial charge is 0.162 e. The highest BCUT2D eigenvalue weighted by Gasteiger charge is 2.43. The largest absolute Gasteiger partial charge is 0.383 e. The average molecular weight is 419 g/mol. The number of ketones is 1. The fourth-order valence-electron chi connectivity index (χ4n) is 4.55. The van der Waals surface area contributed by atoms with Crippen LogP contribution in [0.2, 0.25) is 5.02 Å². The van der Waals surface area contributed by atoms with Gasteiger partial charge in [0.2, 0.25) is 0 Å². The number of hydrazine groups is 1. The van der Waals surface area contributed by atoms with Gasteiger partial charge in [0.1, 0.15) is 5.82 Å². The number of nitriles is 1. The molecule has 0 radical (unpaired) electrons. The highest BCUT2D eigenvalue weighted by atomic mass is 35.5. The molecule has 0 amide bonds. The van der Waals surface area contributed by atoms with E-state index >= 15 is 0 Å². The number of benzene rings is 2. The lowest BCUT2D eigenvalue weighted by atomic mass is 9.72. The second-order valence-corrected chi connectivity index (χ2v) is 8.23. The normalized spacial score (nSPS) is 21.7. The number of hydrogen-bond acceptors (Lipinski definition) is 5. The van der Waals surface area contributed by atoms with Crippen molar-refractivity contribution >= 4 is 17.4 Å². The van der Waals surface area contributed by atoms with E-state index in [-0.39, 0.29) is 11.7 Å². The maximum absolute atomic E-state index is 13.5. The van der Waals surface area contributed by atoms with Gasteiger partial charge in [0, 0.05) is 36.8 Å². The molecule has 30 heavy (non-hydrogen) atoms. The van der Waals surface area contributed by atoms with Crippen molar-refractivity contribution in [1.82, 2.24) is 10.0 Å². The van der Waals surface area contributed by atoms with Gasteiger partial charge in [-0.05, 0) is 29.5 Å². The second-order valence-electron chi connectivity index (χ2n) is 7.82. The summed E-state index contributed by atoms with van der Waals surface area (Å²) in [5.74, 6) is -0.128. The minimum Gasteiger partial charge on any atom is -0.383 e. The molecule has 0 fully saturated rings. The Hall–Kier alpha value is -3.07. The van der Waals surface area contributed by atoms with Gasteiger partial charge in [0.15, 0.2) is 5.78 Å².